The molecule has 25 heavy (non-hydrogen) atoms. The van der Waals surface area contributed by atoms with Gasteiger partial charge in [0.05, 0.1) is 0 Å². The molecule has 2 rings (SSSR count). The van der Waals surface area contributed by atoms with Crippen LogP contribution in [0.2, 0.25) is 5.02 Å². The molecule has 0 aliphatic rings. The Balaban J connectivity index is 2.16. The van der Waals surface area contributed by atoms with Gasteiger partial charge in [-0.1, -0.05) is 23.7 Å². The average molecular weight is 393 g/mol. The van der Waals surface area contributed by atoms with E-state index in [4.69, 9.17) is 11.6 Å². The van der Waals surface area contributed by atoms with Crippen molar-refractivity contribution in [3.05, 3.63) is 70.0 Å². The third kappa shape index (κ3) is 4.72. The predicted molar refractivity (Wildman–Crippen MR) is 89.7 cm³/mol. The van der Waals surface area contributed by atoms with Gasteiger partial charge in [0, 0.05) is 30.2 Å². The predicted octanol–water partition coefficient (Wildman–Crippen LogP) is 3.78. The maximum absolute atomic E-state index is 13.8. The van der Waals surface area contributed by atoms with Gasteiger partial charge in [-0.25, -0.2) is 13.2 Å². The van der Waals surface area contributed by atoms with Gasteiger partial charge in [0.2, 0.25) is 0 Å². The average Bonchev–Trinajstić information content (AvgIpc) is 2.53. The highest BCUT2D eigenvalue weighted by atomic mass is 35.5. The van der Waals surface area contributed by atoms with Crippen LogP contribution in [0.1, 0.15) is 24.1 Å². The van der Waals surface area contributed by atoms with Gasteiger partial charge in [-0.05, 0) is 36.8 Å². The molecule has 2 aromatic rings. The van der Waals surface area contributed by atoms with Crippen molar-refractivity contribution in [3.8, 4) is 0 Å². The quantitative estimate of drug-likeness (QED) is 0.813. The Morgan fingerprint density at radius 2 is 1.80 bits per heavy atom. The Labute approximate surface area is 149 Å². The first-order chi connectivity index (χ1) is 11.6. The van der Waals surface area contributed by atoms with Crippen molar-refractivity contribution in [1.29, 1.82) is 0 Å². The van der Waals surface area contributed by atoms with Crippen LogP contribution in [0.3, 0.4) is 0 Å². The highest BCUT2D eigenvalue weighted by Crippen LogP contribution is 2.22. The second-order valence-corrected chi connectivity index (χ2v) is 7.69. The van der Waals surface area contributed by atoms with Crippen LogP contribution < -0.4 is 4.72 Å². The Morgan fingerprint density at radius 1 is 1.12 bits per heavy atom. The number of rotatable bonds is 6. The lowest BCUT2D eigenvalue weighted by Crippen LogP contribution is -2.39. The first kappa shape index (κ1) is 19.7. The van der Waals surface area contributed by atoms with E-state index in [1.807, 2.05) is 0 Å². The Hall–Kier alpha value is -1.61. The lowest BCUT2D eigenvalue weighted by atomic mass is 10.1. The topological polar surface area (TPSA) is 49.4 Å². The van der Waals surface area contributed by atoms with Crippen molar-refractivity contribution in [2.24, 2.45) is 0 Å². The maximum Gasteiger partial charge on any atom is 0.280 e. The zero-order chi connectivity index (χ0) is 18.8. The summed E-state index contributed by atoms with van der Waals surface area (Å²) in [5.74, 6) is -2.72. The molecule has 0 aliphatic carbocycles. The molecule has 0 amide bonds. The monoisotopic (exact) mass is 392 g/mol. The van der Waals surface area contributed by atoms with Gasteiger partial charge in [-0.2, -0.15) is 17.4 Å². The minimum Gasteiger partial charge on any atom is -0.207 e. The first-order valence-corrected chi connectivity index (χ1v) is 9.05. The number of hydrogen-bond acceptors (Lipinski definition) is 2. The van der Waals surface area contributed by atoms with E-state index < -0.39 is 33.7 Å². The van der Waals surface area contributed by atoms with Gasteiger partial charge >= 0.3 is 0 Å². The van der Waals surface area contributed by atoms with Gasteiger partial charge in [-0.15, -0.1) is 0 Å². The van der Waals surface area contributed by atoms with Crippen LogP contribution in [-0.2, 0) is 16.8 Å². The number of benzene rings is 2. The summed E-state index contributed by atoms with van der Waals surface area (Å²) in [5.41, 5.74) is 0.289. The molecule has 1 N–H and O–H groups in total. The SMILES string of the molecule is CC(NS(=O)(=O)N(C)Cc1c(F)cccc1Cl)c1ccc(F)c(F)c1. The van der Waals surface area contributed by atoms with E-state index in [1.165, 1.54) is 38.2 Å². The first-order valence-electron chi connectivity index (χ1n) is 7.23. The zero-order valence-corrected chi connectivity index (χ0v) is 15.0. The fourth-order valence-corrected chi connectivity index (χ4v) is 3.44. The van der Waals surface area contributed by atoms with E-state index in [0.717, 1.165) is 16.4 Å². The van der Waals surface area contributed by atoms with Crippen LogP contribution >= 0.6 is 11.6 Å². The van der Waals surface area contributed by atoms with Crippen LogP contribution in [0.5, 0.6) is 0 Å². The smallest absolute Gasteiger partial charge is 0.207 e. The molecule has 0 saturated carbocycles. The molecule has 0 bridgehead atoms. The van der Waals surface area contributed by atoms with Gasteiger partial charge < -0.3 is 0 Å². The minimum atomic E-state index is -4.02. The molecule has 0 saturated heterocycles. The molecular weight excluding hydrogens is 377 g/mol. The standard InChI is InChI=1S/C16H16ClF3N2O2S/c1-10(11-6-7-15(19)16(20)8-11)21-25(23,24)22(2)9-12-13(17)4-3-5-14(12)18/h3-8,10,21H,9H2,1-2H3. The number of nitrogens with zero attached hydrogens (tertiary/aromatic N) is 1. The molecule has 2 aromatic carbocycles. The molecule has 0 aromatic heterocycles. The molecule has 0 heterocycles. The summed E-state index contributed by atoms with van der Waals surface area (Å²) in [7, 11) is -2.77. The van der Waals surface area contributed by atoms with Crippen molar-refractivity contribution in [3.63, 3.8) is 0 Å². The van der Waals surface area contributed by atoms with Crippen molar-refractivity contribution < 1.29 is 21.6 Å². The van der Waals surface area contributed by atoms with Crippen molar-refractivity contribution in [1.82, 2.24) is 9.03 Å². The summed E-state index contributed by atoms with van der Waals surface area (Å²) in [6, 6.07) is 6.34. The van der Waals surface area contributed by atoms with E-state index in [-0.39, 0.29) is 22.7 Å². The second-order valence-electron chi connectivity index (χ2n) is 5.47. The van der Waals surface area contributed by atoms with Crippen LogP contribution in [0.4, 0.5) is 13.2 Å². The number of nitrogens with one attached hydrogen (secondary N) is 1. The van der Waals surface area contributed by atoms with Gasteiger partial charge in [0.25, 0.3) is 10.2 Å². The molecule has 0 aliphatic heterocycles. The summed E-state index contributed by atoms with van der Waals surface area (Å²) in [4.78, 5) is 0. The van der Waals surface area contributed by atoms with Crippen molar-refractivity contribution >= 4 is 21.8 Å². The second kappa shape index (κ2) is 7.74. The zero-order valence-electron chi connectivity index (χ0n) is 13.4. The molecule has 0 radical (unpaired) electrons. The summed E-state index contributed by atoms with van der Waals surface area (Å²) < 4.78 is 68.0. The molecule has 1 atom stereocenters. The fourth-order valence-electron chi connectivity index (χ4n) is 2.15. The van der Waals surface area contributed by atoms with Crippen LogP contribution in [0.15, 0.2) is 36.4 Å². The number of hydrogen-bond donors (Lipinski definition) is 1. The maximum atomic E-state index is 13.8. The van der Waals surface area contributed by atoms with Gasteiger partial charge in [0.1, 0.15) is 5.82 Å². The largest absolute Gasteiger partial charge is 0.280 e. The van der Waals surface area contributed by atoms with Crippen LogP contribution in [0, 0.1) is 17.5 Å². The Bertz CT molecular complexity index is 857. The summed E-state index contributed by atoms with van der Waals surface area (Å²) in [5, 5.41) is 0.107. The molecule has 1 unspecified atom stereocenters. The molecule has 0 spiro atoms. The number of halogens is 4. The highest BCUT2D eigenvalue weighted by Gasteiger charge is 2.23. The Morgan fingerprint density at radius 3 is 2.40 bits per heavy atom. The molecule has 4 nitrogen and oxygen atoms in total. The molecule has 136 valence electrons. The Kier molecular flexibility index (Phi) is 6.10. The van der Waals surface area contributed by atoms with E-state index in [2.05, 4.69) is 4.72 Å². The third-order valence-corrected chi connectivity index (χ3v) is 5.58. The fraction of sp³-hybridized carbons (Fsp3) is 0.250. The lowest BCUT2D eigenvalue weighted by Gasteiger charge is -2.22. The van der Waals surface area contributed by atoms with E-state index >= 15 is 0 Å². The molecular formula is C16H16ClF3N2O2S. The van der Waals surface area contributed by atoms with E-state index in [0.29, 0.717) is 0 Å². The summed E-state index contributed by atoms with van der Waals surface area (Å²) in [6.07, 6.45) is 0. The highest BCUT2D eigenvalue weighted by molar-refractivity contribution is 7.87. The van der Waals surface area contributed by atoms with Crippen molar-refractivity contribution in [2.75, 3.05) is 7.05 Å². The van der Waals surface area contributed by atoms with Gasteiger partial charge in [-0.3, -0.25) is 0 Å². The van der Waals surface area contributed by atoms with E-state index in [9.17, 15) is 21.6 Å². The lowest BCUT2D eigenvalue weighted by molar-refractivity contribution is 0.439. The summed E-state index contributed by atoms with van der Waals surface area (Å²) in [6.45, 7) is 1.19. The molecule has 9 heteroatoms. The van der Waals surface area contributed by atoms with Crippen LogP contribution in [0.25, 0.3) is 0 Å². The molecule has 0 fully saturated rings. The summed E-state index contributed by atoms with van der Waals surface area (Å²) >= 11 is 5.90. The minimum absolute atomic E-state index is 0.0394. The van der Waals surface area contributed by atoms with E-state index in [1.54, 1.807) is 0 Å². The van der Waals surface area contributed by atoms with Gasteiger partial charge in [0.15, 0.2) is 11.6 Å². The normalized spacial score (nSPS) is 13.2. The third-order valence-electron chi connectivity index (χ3n) is 3.62. The van der Waals surface area contributed by atoms with Crippen LogP contribution in [-0.4, -0.2) is 19.8 Å². The van der Waals surface area contributed by atoms with Crippen molar-refractivity contribution in [2.45, 2.75) is 19.5 Å².